The van der Waals surface area contributed by atoms with Crippen molar-refractivity contribution in [1.82, 2.24) is 34.7 Å². The molecule has 10 heteroatoms. The van der Waals surface area contributed by atoms with Crippen LogP contribution in [0.2, 0.25) is 0 Å². The molecule has 1 aliphatic heterocycles. The van der Waals surface area contributed by atoms with Crippen molar-refractivity contribution in [3.8, 4) is 11.1 Å². The maximum absolute atomic E-state index is 12.4. The number of aromatic amines is 1. The first-order valence-corrected chi connectivity index (χ1v) is 13.9. The van der Waals surface area contributed by atoms with Gasteiger partial charge in [0.25, 0.3) is 0 Å². The summed E-state index contributed by atoms with van der Waals surface area (Å²) in [6.07, 6.45) is 10.7. The number of carbonyl (C=O) groups excluding carboxylic acids is 1. The molecule has 37 heavy (non-hydrogen) atoms. The number of fused-ring (bicyclic) bond motifs is 1. The van der Waals surface area contributed by atoms with Gasteiger partial charge in [0.1, 0.15) is 5.82 Å². The predicted molar refractivity (Wildman–Crippen MR) is 146 cm³/mol. The molecule has 1 aliphatic carbocycles. The van der Waals surface area contributed by atoms with E-state index < -0.39 is 0 Å². The van der Waals surface area contributed by atoms with E-state index in [1.807, 2.05) is 47.9 Å². The van der Waals surface area contributed by atoms with E-state index >= 15 is 0 Å². The highest BCUT2D eigenvalue weighted by Gasteiger charge is 2.28. The summed E-state index contributed by atoms with van der Waals surface area (Å²) in [6, 6.07) is 10.2. The lowest BCUT2D eigenvalue weighted by Gasteiger charge is -2.34. The van der Waals surface area contributed by atoms with Crippen LogP contribution in [0.3, 0.4) is 0 Å². The Kier molecular flexibility index (Phi) is 6.75. The third-order valence-corrected chi connectivity index (χ3v) is 7.56. The van der Waals surface area contributed by atoms with E-state index in [9.17, 15) is 4.79 Å². The zero-order valence-electron chi connectivity index (χ0n) is 20.9. The summed E-state index contributed by atoms with van der Waals surface area (Å²) in [4.78, 5) is 38.1. The van der Waals surface area contributed by atoms with Gasteiger partial charge < -0.3 is 15.2 Å². The van der Waals surface area contributed by atoms with Gasteiger partial charge >= 0.3 is 0 Å². The van der Waals surface area contributed by atoms with E-state index in [2.05, 4.69) is 47.3 Å². The second kappa shape index (κ2) is 10.5. The van der Waals surface area contributed by atoms with Crippen LogP contribution in [0.1, 0.15) is 24.8 Å². The Hall–Kier alpha value is -3.50. The number of rotatable bonds is 8. The van der Waals surface area contributed by atoms with Crippen LogP contribution in [-0.4, -0.2) is 73.1 Å². The number of hydrogen-bond donors (Lipinski definition) is 2. The molecule has 0 bridgehead atoms. The number of anilines is 2. The van der Waals surface area contributed by atoms with Crippen LogP contribution in [0.15, 0.2) is 54.1 Å². The van der Waals surface area contributed by atoms with Gasteiger partial charge in [-0.05, 0) is 60.4 Å². The molecule has 2 fully saturated rings. The Bertz CT molecular complexity index is 1390. The van der Waals surface area contributed by atoms with Crippen molar-refractivity contribution in [2.75, 3.05) is 37.8 Å². The molecule has 1 amide bonds. The number of nitrogens with zero attached hydrogens (tertiary/aromatic N) is 6. The quantitative estimate of drug-likeness (QED) is 0.265. The van der Waals surface area contributed by atoms with Crippen LogP contribution < -0.4 is 5.32 Å². The fourth-order valence-electron chi connectivity index (χ4n) is 4.69. The molecule has 1 saturated heterocycles. The third-order valence-electron chi connectivity index (χ3n) is 6.99. The minimum Gasteiger partial charge on any atom is -0.340 e. The monoisotopic (exact) mass is 514 g/mol. The summed E-state index contributed by atoms with van der Waals surface area (Å²) in [7, 11) is 0. The molecule has 2 aliphatic rings. The number of hydrogen-bond acceptors (Lipinski definition) is 8. The summed E-state index contributed by atoms with van der Waals surface area (Å²) in [5, 5.41) is 4.07. The van der Waals surface area contributed by atoms with Crippen molar-refractivity contribution >= 4 is 40.5 Å². The van der Waals surface area contributed by atoms with E-state index in [0.717, 1.165) is 72.3 Å². The number of pyridine rings is 1. The number of aromatic nitrogens is 5. The van der Waals surface area contributed by atoms with Gasteiger partial charge in [-0.1, -0.05) is 17.8 Å². The normalized spacial score (nSPS) is 16.3. The minimum atomic E-state index is 0.331. The highest BCUT2D eigenvalue weighted by atomic mass is 32.2. The van der Waals surface area contributed by atoms with Crippen LogP contribution in [0, 0.1) is 5.92 Å². The van der Waals surface area contributed by atoms with Gasteiger partial charge in [-0.15, -0.1) is 0 Å². The van der Waals surface area contributed by atoms with Gasteiger partial charge in [0.2, 0.25) is 11.9 Å². The summed E-state index contributed by atoms with van der Waals surface area (Å²) in [5.74, 6) is 2.37. The van der Waals surface area contributed by atoms with Crippen LogP contribution in [0.4, 0.5) is 11.8 Å². The molecule has 190 valence electrons. The molecule has 0 radical (unpaired) electrons. The average Bonchev–Trinajstić information content (AvgIpc) is 3.65. The summed E-state index contributed by atoms with van der Waals surface area (Å²) < 4.78 is 0. The smallest absolute Gasteiger partial charge is 0.222 e. The Morgan fingerprint density at radius 1 is 1.05 bits per heavy atom. The SMILES string of the molecule is CSc1ncc(-c2ccc3nc(Nc4cc(CN5CCN(C(=O)CC6CC6)CC5)ccn4)[nH]c3c2)cn1. The van der Waals surface area contributed by atoms with Gasteiger partial charge in [-0.3, -0.25) is 9.69 Å². The van der Waals surface area contributed by atoms with E-state index in [0.29, 0.717) is 17.8 Å². The topological polar surface area (TPSA) is 103 Å². The molecule has 4 heterocycles. The van der Waals surface area contributed by atoms with Crippen molar-refractivity contribution in [2.24, 2.45) is 5.92 Å². The number of thioether (sulfide) groups is 1. The molecule has 0 unspecified atom stereocenters. The number of piperazine rings is 1. The van der Waals surface area contributed by atoms with E-state index in [1.54, 1.807) is 0 Å². The van der Waals surface area contributed by atoms with Crippen LogP contribution >= 0.6 is 11.8 Å². The summed E-state index contributed by atoms with van der Waals surface area (Å²) in [5.41, 5.74) is 4.98. The van der Waals surface area contributed by atoms with Crippen LogP contribution in [0.25, 0.3) is 22.2 Å². The Labute approximate surface area is 220 Å². The molecular formula is C27H30N8OS. The Morgan fingerprint density at radius 3 is 2.62 bits per heavy atom. The maximum Gasteiger partial charge on any atom is 0.222 e. The molecule has 0 spiro atoms. The number of imidazole rings is 1. The molecule has 0 atom stereocenters. The molecule has 4 aromatic rings. The van der Waals surface area contributed by atoms with Gasteiger partial charge in [-0.2, -0.15) is 0 Å². The predicted octanol–water partition coefficient (Wildman–Crippen LogP) is 4.32. The van der Waals surface area contributed by atoms with Crippen molar-refractivity contribution < 1.29 is 4.79 Å². The fraction of sp³-hybridized carbons (Fsp3) is 0.370. The maximum atomic E-state index is 12.4. The van der Waals surface area contributed by atoms with Gasteiger partial charge in [0, 0.05) is 63.3 Å². The zero-order chi connectivity index (χ0) is 25.2. The number of H-pyrrole nitrogens is 1. The number of carbonyl (C=O) groups is 1. The number of benzene rings is 1. The standard InChI is InChI=1S/C27H30N8OS/c1-37-27-29-15-21(16-30-27)20-4-5-22-23(14-20)32-26(31-22)33-24-12-19(6-7-28-24)17-34-8-10-35(11-9-34)25(36)13-18-2-3-18/h4-7,12,14-16,18H,2-3,8-11,13,17H2,1H3,(H2,28,31,32,33). The van der Waals surface area contributed by atoms with Gasteiger partial charge in [0.05, 0.1) is 11.0 Å². The molecule has 1 aromatic carbocycles. The zero-order valence-corrected chi connectivity index (χ0v) is 21.7. The number of amides is 1. The van der Waals surface area contributed by atoms with E-state index in [-0.39, 0.29) is 0 Å². The second-order valence-corrected chi connectivity index (χ2v) is 10.5. The van der Waals surface area contributed by atoms with Crippen LogP contribution in [0.5, 0.6) is 0 Å². The first kappa shape index (κ1) is 23.9. The first-order chi connectivity index (χ1) is 18.1. The first-order valence-electron chi connectivity index (χ1n) is 12.7. The largest absolute Gasteiger partial charge is 0.340 e. The molecule has 9 nitrogen and oxygen atoms in total. The highest BCUT2D eigenvalue weighted by molar-refractivity contribution is 7.98. The lowest BCUT2D eigenvalue weighted by atomic mass is 10.1. The summed E-state index contributed by atoms with van der Waals surface area (Å²) >= 11 is 1.53. The summed E-state index contributed by atoms with van der Waals surface area (Å²) in [6.45, 7) is 4.27. The lowest BCUT2D eigenvalue weighted by Crippen LogP contribution is -2.48. The second-order valence-electron chi connectivity index (χ2n) is 9.75. The molecular weight excluding hydrogens is 484 g/mol. The molecule has 3 aromatic heterocycles. The third kappa shape index (κ3) is 5.75. The van der Waals surface area contributed by atoms with Crippen molar-refractivity contribution in [2.45, 2.75) is 31.0 Å². The van der Waals surface area contributed by atoms with E-state index in [1.165, 1.54) is 30.2 Å². The average molecular weight is 515 g/mol. The Balaban J connectivity index is 1.08. The Morgan fingerprint density at radius 2 is 1.86 bits per heavy atom. The highest BCUT2D eigenvalue weighted by Crippen LogP contribution is 2.33. The van der Waals surface area contributed by atoms with Crippen molar-refractivity contribution in [3.05, 3.63) is 54.5 Å². The lowest BCUT2D eigenvalue weighted by molar-refractivity contribution is -0.133. The van der Waals surface area contributed by atoms with Crippen LogP contribution in [-0.2, 0) is 11.3 Å². The van der Waals surface area contributed by atoms with Crippen molar-refractivity contribution in [3.63, 3.8) is 0 Å². The molecule has 1 saturated carbocycles. The van der Waals surface area contributed by atoms with Gasteiger partial charge in [0.15, 0.2) is 5.16 Å². The van der Waals surface area contributed by atoms with Gasteiger partial charge in [-0.25, -0.2) is 19.9 Å². The number of nitrogens with one attached hydrogen (secondary N) is 2. The minimum absolute atomic E-state index is 0.331. The molecule has 6 rings (SSSR count). The van der Waals surface area contributed by atoms with E-state index in [4.69, 9.17) is 0 Å². The fourth-order valence-corrected chi connectivity index (χ4v) is 5.01. The van der Waals surface area contributed by atoms with Crippen molar-refractivity contribution in [1.29, 1.82) is 0 Å². The molecule has 2 N–H and O–H groups in total.